The van der Waals surface area contributed by atoms with Crippen molar-refractivity contribution in [3.8, 4) is 0 Å². The van der Waals surface area contributed by atoms with E-state index in [4.69, 9.17) is 0 Å². The fourth-order valence-corrected chi connectivity index (χ4v) is 3.46. The van der Waals surface area contributed by atoms with Crippen molar-refractivity contribution in [1.82, 2.24) is 14.5 Å². The molecule has 0 aromatic heterocycles. The van der Waals surface area contributed by atoms with Crippen molar-refractivity contribution < 1.29 is 8.42 Å². The van der Waals surface area contributed by atoms with Crippen LogP contribution in [0.4, 0.5) is 0 Å². The molecule has 0 spiro atoms. The van der Waals surface area contributed by atoms with Gasteiger partial charge in [0, 0.05) is 45.8 Å². The minimum atomic E-state index is -3.05. The Labute approximate surface area is 98.8 Å². The first-order valence-electron chi connectivity index (χ1n) is 6.01. The highest BCUT2D eigenvalue weighted by Gasteiger charge is 2.20. The molecule has 0 atom stereocenters. The zero-order valence-electron chi connectivity index (χ0n) is 10.3. The van der Waals surface area contributed by atoms with E-state index in [1.54, 1.807) is 0 Å². The fraction of sp³-hybridized carbons (Fsp3) is 1.00. The van der Waals surface area contributed by atoms with E-state index in [0.717, 1.165) is 26.2 Å². The lowest BCUT2D eigenvalue weighted by atomic mass is 10.4. The molecule has 96 valence electrons. The van der Waals surface area contributed by atoms with Gasteiger partial charge in [-0.15, -0.1) is 0 Å². The molecule has 0 aliphatic carbocycles. The largest absolute Gasteiger partial charge is 0.314 e. The zero-order valence-corrected chi connectivity index (χ0v) is 11.1. The third-order valence-corrected chi connectivity index (χ3v) is 4.98. The quantitative estimate of drug-likeness (QED) is 0.693. The SMILES string of the molecule is CCN(CC)S(=O)(=O)CCN1CCNCC1. The van der Waals surface area contributed by atoms with E-state index in [2.05, 4.69) is 10.2 Å². The van der Waals surface area contributed by atoms with Crippen LogP contribution in [0.25, 0.3) is 0 Å². The molecule has 1 fully saturated rings. The molecule has 1 aliphatic heterocycles. The Morgan fingerprint density at radius 1 is 1.19 bits per heavy atom. The summed E-state index contributed by atoms with van der Waals surface area (Å²) in [4.78, 5) is 2.21. The molecule has 1 N–H and O–H groups in total. The van der Waals surface area contributed by atoms with Gasteiger partial charge in [0.05, 0.1) is 5.75 Å². The maximum atomic E-state index is 11.9. The molecular weight excluding hydrogens is 226 g/mol. The van der Waals surface area contributed by atoms with Gasteiger partial charge in [0.1, 0.15) is 0 Å². The van der Waals surface area contributed by atoms with Gasteiger partial charge in [0.15, 0.2) is 0 Å². The van der Waals surface area contributed by atoms with Crippen LogP contribution in [0, 0.1) is 0 Å². The molecule has 1 heterocycles. The Kier molecular flexibility index (Phi) is 5.68. The van der Waals surface area contributed by atoms with Gasteiger partial charge in [-0.05, 0) is 0 Å². The highest BCUT2D eigenvalue weighted by Crippen LogP contribution is 2.02. The Morgan fingerprint density at radius 3 is 2.25 bits per heavy atom. The van der Waals surface area contributed by atoms with Crippen molar-refractivity contribution in [1.29, 1.82) is 0 Å². The minimum absolute atomic E-state index is 0.245. The Bertz CT molecular complexity index is 282. The summed E-state index contributed by atoms with van der Waals surface area (Å²) < 4.78 is 25.4. The highest BCUT2D eigenvalue weighted by atomic mass is 32.2. The van der Waals surface area contributed by atoms with Crippen LogP contribution in [0.3, 0.4) is 0 Å². The van der Waals surface area contributed by atoms with Crippen LogP contribution in [-0.2, 0) is 10.0 Å². The molecule has 0 aromatic rings. The number of piperazine rings is 1. The lowest BCUT2D eigenvalue weighted by Gasteiger charge is -2.28. The van der Waals surface area contributed by atoms with E-state index in [-0.39, 0.29) is 5.75 Å². The van der Waals surface area contributed by atoms with Gasteiger partial charge < -0.3 is 5.32 Å². The zero-order chi connectivity index (χ0) is 12.0. The van der Waals surface area contributed by atoms with E-state index in [1.165, 1.54) is 4.31 Å². The minimum Gasteiger partial charge on any atom is -0.314 e. The van der Waals surface area contributed by atoms with Crippen LogP contribution in [-0.4, -0.2) is 69.2 Å². The first kappa shape index (κ1) is 13.9. The smallest absolute Gasteiger partial charge is 0.215 e. The monoisotopic (exact) mass is 249 g/mol. The average Bonchev–Trinajstić information content (AvgIpc) is 2.29. The number of sulfonamides is 1. The number of nitrogens with zero attached hydrogens (tertiary/aromatic N) is 2. The summed E-state index contributed by atoms with van der Waals surface area (Å²) in [7, 11) is -3.05. The van der Waals surface area contributed by atoms with Crippen molar-refractivity contribution in [2.75, 3.05) is 51.6 Å². The topological polar surface area (TPSA) is 52.7 Å². The highest BCUT2D eigenvalue weighted by molar-refractivity contribution is 7.89. The maximum absolute atomic E-state index is 11.9. The normalized spacial score (nSPS) is 19.2. The second-order valence-electron chi connectivity index (χ2n) is 3.99. The first-order valence-corrected chi connectivity index (χ1v) is 7.62. The van der Waals surface area contributed by atoms with E-state index in [9.17, 15) is 8.42 Å². The van der Waals surface area contributed by atoms with E-state index in [0.29, 0.717) is 19.6 Å². The molecule has 0 aromatic carbocycles. The van der Waals surface area contributed by atoms with Crippen LogP contribution in [0.2, 0.25) is 0 Å². The van der Waals surface area contributed by atoms with Crippen LogP contribution in [0.5, 0.6) is 0 Å². The van der Waals surface area contributed by atoms with Gasteiger partial charge in [-0.2, -0.15) is 0 Å². The van der Waals surface area contributed by atoms with Crippen molar-refractivity contribution in [2.24, 2.45) is 0 Å². The number of hydrogen-bond acceptors (Lipinski definition) is 4. The lowest BCUT2D eigenvalue weighted by Crippen LogP contribution is -2.46. The predicted octanol–water partition coefficient (Wildman–Crippen LogP) is -0.437. The predicted molar refractivity (Wildman–Crippen MR) is 66.0 cm³/mol. The summed E-state index contributed by atoms with van der Waals surface area (Å²) in [5.41, 5.74) is 0. The number of nitrogens with one attached hydrogen (secondary N) is 1. The van der Waals surface area contributed by atoms with Gasteiger partial charge in [-0.3, -0.25) is 4.90 Å². The van der Waals surface area contributed by atoms with Gasteiger partial charge in [-0.25, -0.2) is 12.7 Å². The summed E-state index contributed by atoms with van der Waals surface area (Å²) >= 11 is 0. The lowest BCUT2D eigenvalue weighted by molar-refractivity contribution is 0.252. The van der Waals surface area contributed by atoms with Crippen molar-refractivity contribution in [3.05, 3.63) is 0 Å². The molecule has 1 saturated heterocycles. The van der Waals surface area contributed by atoms with Crippen LogP contribution >= 0.6 is 0 Å². The first-order chi connectivity index (χ1) is 7.60. The van der Waals surface area contributed by atoms with Gasteiger partial charge >= 0.3 is 0 Å². The third kappa shape index (κ3) is 4.01. The molecule has 16 heavy (non-hydrogen) atoms. The van der Waals surface area contributed by atoms with Gasteiger partial charge in [-0.1, -0.05) is 13.8 Å². The Morgan fingerprint density at radius 2 is 1.75 bits per heavy atom. The van der Waals surface area contributed by atoms with Gasteiger partial charge in [0.2, 0.25) is 10.0 Å². The van der Waals surface area contributed by atoms with Crippen LogP contribution in [0.1, 0.15) is 13.8 Å². The van der Waals surface area contributed by atoms with E-state index < -0.39 is 10.0 Å². The van der Waals surface area contributed by atoms with Gasteiger partial charge in [0.25, 0.3) is 0 Å². The Hall–Kier alpha value is -0.170. The van der Waals surface area contributed by atoms with Crippen molar-refractivity contribution in [3.63, 3.8) is 0 Å². The number of rotatable bonds is 6. The second kappa shape index (κ2) is 6.54. The molecule has 0 bridgehead atoms. The molecular formula is C10H23N3O2S. The van der Waals surface area contributed by atoms with Crippen molar-refractivity contribution in [2.45, 2.75) is 13.8 Å². The molecule has 1 rings (SSSR count). The summed E-state index contributed by atoms with van der Waals surface area (Å²) in [5.74, 6) is 0.245. The molecule has 0 saturated carbocycles. The van der Waals surface area contributed by atoms with E-state index >= 15 is 0 Å². The van der Waals surface area contributed by atoms with Crippen LogP contribution in [0.15, 0.2) is 0 Å². The maximum Gasteiger partial charge on any atom is 0.215 e. The summed E-state index contributed by atoms with van der Waals surface area (Å²) in [6.45, 7) is 9.39. The second-order valence-corrected chi connectivity index (χ2v) is 6.08. The fourth-order valence-electron chi connectivity index (χ4n) is 1.93. The summed E-state index contributed by atoms with van der Waals surface area (Å²) in [6, 6.07) is 0. The van der Waals surface area contributed by atoms with Crippen LogP contribution < -0.4 is 5.32 Å². The van der Waals surface area contributed by atoms with E-state index in [1.807, 2.05) is 13.8 Å². The molecule has 6 heteroatoms. The molecule has 0 amide bonds. The molecule has 0 radical (unpaired) electrons. The van der Waals surface area contributed by atoms with Crippen molar-refractivity contribution >= 4 is 10.0 Å². The Balaban J connectivity index is 2.40. The standard InChI is InChI=1S/C10H23N3O2S/c1-3-13(4-2)16(14,15)10-9-12-7-5-11-6-8-12/h11H,3-10H2,1-2H3. The summed E-state index contributed by atoms with van der Waals surface area (Å²) in [6.07, 6.45) is 0. The average molecular weight is 249 g/mol. The molecule has 5 nitrogen and oxygen atoms in total. The molecule has 0 unspecified atom stereocenters. The third-order valence-electron chi connectivity index (χ3n) is 2.97. The molecule has 1 aliphatic rings. The number of hydrogen-bond donors (Lipinski definition) is 1. The summed E-state index contributed by atoms with van der Waals surface area (Å²) in [5, 5.41) is 3.26.